The largest absolute Gasteiger partial charge is 0.343 e. The Hall–Kier alpha value is -1.20. The highest BCUT2D eigenvalue weighted by Gasteiger charge is 2.09. The molecule has 0 bridgehead atoms. The van der Waals surface area contributed by atoms with Crippen molar-refractivity contribution in [3.63, 3.8) is 0 Å². The average molecular weight is 310 g/mol. The smallest absolute Gasteiger partial charge is 0.213 e. The van der Waals surface area contributed by atoms with Gasteiger partial charge in [0.05, 0.1) is 0 Å². The second-order valence-corrected chi connectivity index (χ2v) is 4.98. The van der Waals surface area contributed by atoms with E-state index in [9.17, 15) is 0 Å². The maximum absolute atomic E-state index is 4.70. The lowest BCUT2D eigenvalue weighted by Gasteiger charge is -2.17. The van der Waals surface area contributed by atoms with Gasteiger partial charge in [0.1, 0.15) is 0 Å². The van der Waals surface area contributed by atoms with Crippen LogP contribution in [0.1, 0.15) is 30.8 Å². The first-order chi connectivity index (χ1) is 8.79. The molecule has 0 saturated heterocycles. The molecule has 0 aliphatic heterocycles. The molecule has 2 rings (SSSR count). The Morgan fingerprint density at radius 2 is 2.33 bits per heavy atom. The zero-order valence-electron chi connectivity index (χ0n) is 10.3. The maximum Gasteiger partial charge on any atom is 0.213 e. The molecule has 2 aromatic rings. The highest BCUT2D eigenvalue weighted by atomic mass is 79.9. The van der Waals surface area contributed by atoms with E-state index in [1.165, 1.54) is 12.0 Å². The third kappa shape index (κ3) is 3.65. The Bertz CT molecular complexity index is 473. The molecule has 1 N–H and O–H groups in total. The lowest BCUT2D eigenvalue weighted by Crippen LogP contribution is -2.23. The molecule has 1 unspecified atom stereocenters. The van der Waals surface area contributed by atoms with Gasteiger partial charge in [0, 0.05) is 23.5 Å². The minimum Gasteiger partial charge on any atom is -0.343 e. The summed E-state index contributed by atoms with van der Waals surface area (Å²) in [5.74, 6) is 0.742. The molecule has 0 saturated carbocycles. The van der Waals surface area contributed by atoms with Gasteiger partial charge in [-0.2, -0.15) is 4.98 Å². The van der Waals surface area contributed by atoms with Crippen molar-refractivity contribution in [1.29, 1.82) is 0 Å². The van der Waals surface area contributed by atoms with E-state index in [2.05, 4.69) is 56.5 Å². The van der Waals surface area contributed by atoms with Crippen molar-refractivity contribution in [2.45, 2.75) is 25.8 Å². The highest BCUT2D eigenvalue weighted by Crippen LogP contribution is 2.20. The summed E-state index contributed by atoms with van der Waals surface area (Å²) in [6, 6.07) is 8.74. The molecule has 0 amide bonds. The summed E-state index contributed by atoms with van der Waals surface area (Å²) >= 11 is 3.50. The van der Waals surface area contributed by atoms with E-state index in [-0.39, 0.29) is 0 Å². The van der Waals surface area contributed by atoms with E-state index in [1.54, 1.807) is 0 Å². The molecule has 0 aliphatic rings. The normalized spacial score (nSPS) is 12.6. The van der Waals surface area contributed by atoms with Crippen LogP contribution in [0.2, 0.25) is 0 Å². The van der Waals surface area contributed by atoms with Crippen molar-refractivity contribution in [1.82, 2.24) is 15.5 Å². The molecule has 0 radical (unpaired) electrons. The first-order valence-corrected chi connectivity index (χ1v) is 6.83. The third-order valence-corrected chi connectivity index (χ3v) is 3.30. The molecule has 18 heavy (non-hydrogen) atoms. The van der Waals surface area contributed by atoms with Gasteiger partial charge in [-0.15, -0.1) is 0 Å². The molecule has 1 atom stereocenters. The van der Waals surface area contributed by atoms with Gasteiger partial charge in [-0.1, -0.05) is 40.1 Å². The number of nitrogens with one attached hydrogen (secondary N) is 1. The van der Waals surface area contributed by atoms with Crippen molar-refractivity contribution >= 4 is 15.9 Å². The molecule has 96 valence electrons. The van der Waals surface area contributed by atoms with Crippen LogP contribution in [0.5, 0.6) is 0 Å². The quantitative estimate of drug-likeness (QED) is 0.890. The highest BCUT2D eigenvalue weighted by molar-refractivity contribution is 9.10. The van der Waals surface area contributed by atoms with Crippen molar-refractivity contribution in [3.8, 4) is 0 Å². The summed E-state index contributed by atoms with van der Waals surface area (Å²) in [4.78, 5) is 4.00. The van der Waals surface area contributed by atoms with Crippen molar-refractivity contribution < 1.29 is 4.52 Å². The number of rotatable bonds is 6. The Morgan fingerprint density at radius 1 is 1.44 bits per heavy atom. The predicted molar refractivity (Wildman–Crippen MR) is 73.2 cm³/mol. The second-order valence-electron chi connectivity index (χ2n) is 4.07. The Morgan fingerprint density at radius 3 is 3.00 bits per heavy atom. The molecule has 1 heterocycles. The van der Waals surface area contributed by atoms with Crippen LogP contribution in [0, 0.1) is 0 Å². The SMILES string of the molecule is CCC(NCCc1ncon1)c1cccc(Br)c1. The van der Waals surface area contributed by atoms with Crippen LogP contribution in [0.15, 0.2) is 39.7 Å². The van der Waals surface area contributed by atoms with Crippen LogP contribution < -0.4 is 5.32 Å². The molecule has 4 nitrogen and oxygen atoms in total. The summed E-state index contributed by atoms with van der Waals surface area (Å²) in [7, 11) is 0. The monoisotopic (exact) mass is 309 g/mol. The van der Waals surface area contributed by atoms with Crippen LogP contribution >= 0.6 is 15.9 Å². The van der Waals surface area contributed by atoms with E-state index in [0.29, 0.717) is 6.04 Å². The Labute approximate surface area is 115 Å². The van der Waals surface area contributed by atoms with E-state index in [1.807, 2.05) is 6.07 Å². The van der Waals surface area contributed by atoms with Gasteiger partial charge in [0.25, 0.3) is 0 Å². The lowest BCUT2D eigenvalue weighted by atomic mass is 10.0. The fraction of sp³-hybridized carbons (Fsp3) is 0.385. The zero-order valence-corrected chi connectivity index (χ0v) is 11.9. The third-order valence-electron chi connectivity index (χ3n) is 2.81. The summed E-state index contributed by atoms with van der Waals surface area (Å²) in [6.07, 6.45) is 3.19. The van der Waals surface area contributed by atoms with Crippen molar-refractivity contribution in [2.24, 2.45) is 0 Å². The van der Waals surface area contributed by atoms with Gasteiger partial charge in [-0.25, -0.2) is 0 Å². The van der Waals surface area contributed by atoms with Gasteiger partial charge in [-0.05, 0) is 24.1 Å². The van der Waals surface area contributed by atoms with Gasteiger partial charge < -0.3 is 9.84 Å². The number of hydrogen-bond acceptors (Lipinski definition) is 4. The van der Waals surface area contributed by atoms with Crippen LogP contribution in [0.25, 0.3) is 0 Å². The van der Waals surface area contributed by atoms with Crippen LogP contribution in [0.4, 0.5) is 0 Å². The summed E-state index contributed by atoms with van der Waals surface area (Å²) in [6.45, 7) is 3.01. The summed E-state index contributed by atoms with van der Waals surface area (Å²) < 4.78 is 5.81. The second kappa shape index (κ2) is 6.66. The first kappa shape index (κ1) is 13.2. The van der Waals surface area contributed by atoms with Gasteiger partial charge in [0.2, 0.25) is 6.39 Å². The van der Waals surface area contributed by atoms with Gasteiger partial charge >= 0.3 is 0 Å². The Kier molecular flexibility index (Phi) is 4.90. The van der Waals surface area contributed by atoms with E-state index >= 15 is 0 Å². The fourth-order valence-electron chi connectivity index (χ4n) is 1.88. The van der Waals surface area contributed by atoms with Crippen LogP contribution in [-0.2, 0) is 6.42 Å². The predicted octanol–water partition coefficient (Wildman–Crippen LogP) is 3.12. The lowest BCUT2D eigenvalue weighted by molar-refractivity contribution is 0.408. The molecule has 1 aromatic carbocycles. The molecular formula is C13H16BrN3O. The Balaban J connectivity index is 1.89. The van der Waals surface area contributed by atoms with Crippen molar-refractivity contribution in [3.05, 3.63) is 46.5 Å². The minimum absolute atomic E-state index is 0.356. The summed E-state index contributed by atoms with van der Waals surface area (Å²) in [5.41, 5.74) is 1.29. The van der Waals surface area contributed by atoms with Gasteiger partial charge in [0.15, 0.2) is 5.82 Å². The topological polar surface area (TPSA) is 51.0 Å². The molecule has 1 aromatic heterocycles. The molecule has 0 fully saturated rings. The van der Waals surface area contributed by atoms with Crippen molar-refractivity contribution in [2.75, 3.05) is 6.54 Å². The minimum atomic E-state index is 0.356. The maximum atomic E-state index is 4.70. The van der Waals surface area contributed by atoms with Gasteiger partial charge in [-0.3, -0.25) is 0 Å². The standard InChI is InChI=1S/C13H16BrN3O/c1-2-12(10-4-3-5-11(14)8-10)15-7-6-13-16-9-18-17-13/h3-5,8-9,12,15H,2,6-7H2,1H3. The number of benzene rings is 1. The number of hydrogen-bond donors (Lipinski definition) is 1. The first-order valence-electron chi connectivity index (χ1n) is 6.03. The van der Waals surface area contributed by atoms with Crippen LogP contribution in [-0.4, -0.2) is 16.7 Å². The van der Waals surface area contributed by atoms with E-state index in [0.717, 1.165) is 29.7 Å². The number of aromatic nitrogens is 2. The van der Waals surface area contributed by atoms with E-state index in [4.69, 9.17) is 4.52 Å². The summed E-state index contributed by atoms with van der Waals surface area (Å²) in [5, 5.41) is 7.30. The number of halogens is 1. The molecule has 0 spiro atoms. The average Bonchev–Trinajstić information content (AvgIpc) is 2.88. The van der Waals surface area contributed by atoms with Crippen LogP contribution in [0.3, 0.4) is 0 Å². The number of nitrogens with zero attached hydrogens (tertiary/aromatic N) is 2. The molecule has 5 heteroatoms. The zero-order chi connectivity index (χ0) is 12.8. The molecule has 0 aliphatic carbocycles. The molecular weight excluding hydrogens is 294 g/mol. The fourth-order valence-corrected chi connectivity index (χ4v) is 2.30. The van der Waals surface area contributed by atoms with E-state index < -0.39 is 0 Å².